The largest absolute Gasteiger partial charge is 0.349 e. The van der Waals surface area contributed by atoms with Crippen LogP contribution in [-0.4, -0.2) is 11.6 Å². The van der Waals surface area contributed by atoms with Crippen LogP contribution in [0.15, 0.2) is 36.7 Å². The minimum absolute atomic E-state index is 0.543. The molecule has 0 bridgehead atoms. The molecule has 1 atom stereocenters. The highest BCUT2D eigenvalue weighted by Gasteiger charge is 2.20. The van der Waals surface area contributed by atoms with Crippen LogP contribution in [0.1, 0.15) is 35.6 Å². The van der Waals surface area contributed by atoms with E-state index < -0.39 is 0 Å². The first-order valence-electron chi connectivity index (χ1n) is 6.86. The molecule has 19 heavy (non-hydrogen) atoms. The van der Waals surface area contributed by atoms with E-state index in [0.29, 0.717) is 6.04 Å². The average molecular weight is 366 g/mol. The molecule has 0 spiro atoms. The fourth-order valence-electron chi connectivity index (χ4n) is 2.94. The summed E-state index contributed by atoms with van der Waals surface area (Å²) in [4.78, 5) is 0. The minimum Gasteiger partial charge on any atom is -0.349 e. The van der Waals surface area contributed by atoms with Gasteiger partial charge in [-0.05, 0) is 77.7 Å². The molecule has 3 rings (SSSR count). The molecule has 1 unspecified atom stereocenters. The van der Waals surface area contributed by atoms with Crippen LogP contribution in [0.5, 0.6) is 0 Å². The van der Waals surface area contributed by atoms with E-state index in [2.05, 4.69) is 76.2 Å². The van der Waals surface area contributed by atoms with Gasteiger partial charge in [0, 0.05) is 28.6 Å². The van der Waals surface area contributed by atoms with E-state index in [1.165, 1.54) is 39.5 Å². The molecule has 3 heteroatoms. The summed E-state index contributed by atoms with van der Waals surface area (Å²) in [7, 11) is 2.07. The summed E-state index contributed by atoms with van der Waals surface area (Å²) in [6.07, 6.45) is 8.45. The molecule has 1 N–H and O–H groups in total. The van der Waals surface area contributed by atoms with Crippen molar-refractivity contribution in [3.63, 3.8) is 0 Å². The Hall–Kier alpha value is -0.810. The van der Waals surface area contributed by atoms with Gasteiger partial charge in [-0.3, -0.25) is 0 Å². The van der Waals surface area contributed by atoms with Crippen molar-refractivity contribution in [1.29, 1.82) is 0 Å². The lowest BCUT2D eigenvalue weighted by Gasteiger charge is -2.21. The van der Waals surface area contributed by atoms with Crippen LogP contribution in [-0.2, 0) is 13.0 Å². The smallest absolute Gasteiger partial charge is 0.0470 e. The van der Waals surface area contributed by atoms with Crippen molar-refractivity contribution in [3.05, 3.63) is 56.9 Å². The van der Waals surface area contributed by atoms with Gasteiger partial charge in [-0.1, -0.05) is 12.1 Å². The summed E-state index contributed by atoms with van der Waals surface area (Å²) in [5, 5.41) is 3.43. The Bertz CT molecular complexity index is 557. The number of nitrogens with one attached hydrogen (secondary N) is 1. The highest BCUT2D eigenvalue weighted by Crippen LogP contribution is 2.30. The van der Waals surface area contributed by atoms with Crippen LogP contribution in [0.4, 0.5) is 0 Å². The summed E-state index contributed by atoms with van der Waals surface area (Å²) in [5.41, 5.74) is 4.39. The lowest BCUT2D eigenvalue weighted by Crippen LogP contribution is -2.20. The van der Waals surface area contributed by atoms with E-state index in [4.69, 9.17) is 0 Å². The van der Waals surface area contributed by atoms with Crippen LogP contribution in [0.3, 0.4) is 0 Å². The summed E-state index contributed by atoms with van der Waals surface area (Å²) in [5.74, 6) is 0. The molecule has 0 amide bonds. The van der Waals surface area contributed by atoms with E-state index >= 15 is 0 Å². The van der Waals surface area contributed by atoms with Crippen LogP contribution in [0.2, 0.25) is 0 Å². The monoisotopic (exact) mass is 366 g/mol. The molecule has 2 nitrogen and oxygen atoms in total. The topological polar surface area (TPSA) is 17.0 Å². The number of halogens is 1. The Morgan fingerprint density at radius 2 is 2.05 bits per heavy atom. The number of benzene rings is 1. The molecule has 1 aromatic heterocycles. The van der Waals surface area contributed by atoms with Gasteiger partial charge in [-0.15, -0.1) is 0 Å². The first-order valence-corrected chi connectivity index (χ1v) is 7.94. The molecule has 0 fully saturated rings. The number of rotatable bonds is 3. The summed E-state index contributed by atoms with van der Waals surface area (Å²) in [6.45, 7) is 0.973. The fraction of sp³-hybridized carbons (Fsp3) is 0.375. The predicted molar refractivity (Wildman–Crippen MR) is 87.4 cm³/mol. The van der Waals surface area contributed by atoms with Crippen molar-refractivity contribution in [1.82, 2.24) is 9.88 Å². The number of nitrogens with zero attached hydrogens (tertiary/aromatic N) is 1. The molecule has 1 aliphatic rings. The zero-order valence-corrected chi connectivity index (χ0v) is 13.4. The second-order valence-electron chi connectivity index (χ2n) is 5.27. The Labute approximate surface area is 128 Å². The molecule has 1 aromatic carbocycles. The number of aryl methyl sites for hydroxylation is 1. The number of fused-ring (bicyclic) bond motifs is 1. The molecule has 1 heterocycles. The summed E-state index contributed by atoms with van der Waals surface area (Å²) >= 11 is 2.35. The maximum atomic E-state index is 3.43. The van der Waals surface area contributed by atoms with Crippen molar-refractivity contribution in [3.8, 4) is 0 Å². The highest BCUT2D eigenvalue weighted by atomic mass is 127. The van der Waals surface area contributed by atoms with E-state index in [1.807, 2.05) is 0 Å². The second-order valence-corrected chi connectivity index (χ2v) is 6.52. The van der Waals surface area contributed by atoms with Gasteiger partial charge in [-0.25, -0.2) is 0 Å². The third kappa shape index (κ3) is 2.87. The molecule has 0 saturated heterocycles. The van der Waals surface area contributed by atoms with Gasteiger partial charge in [0.2, 0.25) is 0 Å². The van der Waals surface area contributed by atoms with E-state index in [1.54, 1.807) is 0 Å². The van der Waals surface area contributed by atoms with Gasteiger partial charge in [0.15, 0.2) is 0 Å². The van der Waals surface area contributed by atoms with Crippen LogP contribution in [0, 0.1) is 3.57 Å². The minimum atomic E-state index is 0.543. The van der Waals surface area contributed by atoms with E-state index in [-0.39, 0.29) is 0 Å². The van der Waals surface area contributed by atoms with Crippen LogP contribution >= 0.6 is 22.6 Å². The normalized spacial score (nSPS) is 18.3. The summed E-state index contributed by atoms with van der Waals surface area (Å²) in [6, 6.07) is 9.33. The van der Waals surface area contributed by atoms with Gasteiger partial charge >= 0.3 is 0 Å². The lowest BCUT2D eigenvalue weighted by molar-refractivity contribution is 0.498. The van der Waals surface area contributed by atoms with E-state index in [9.17, 15) is 0 Å². The van der Waals surface area contributed by atoms with Crippen LogP contribution < -0.4 is 5.32 Å². The Kier molecular flexibility index (Phi) is 3.93. The Balaban J connectivity index is 1.82. The zero-order chi connectivity index (χ0) is 13.2. The SMILES string of the molecule is CNC1CCCc2cn(Cc3ccc(I)cc3)cc21. The number of aromatic nitrogens is 1. The number of hydrogen-bond donors (Lipinski definition) is 1. The molecule has 0 aliphatic heterocycles. The second kappa shape index (κ2) is 5.67. The van der Waals surface area contributed by atoms with Crippen molar-refractivity contribution >= 4 is 22.6 Å². The van der Waals surface area contributed by atoms with Crippen molar-refractivity contribution in [2.45, 2.75) is 31.8 Å². The van der Waals surface area contributed by atoms with Crippen molar-refractivity contribution in [2.75, 3.05) is 7.05 Å². The third-order valence-corrected chi connectivity index (χ3v) is 4.66. The van der Waals surface area contributed by atoms with Gasteiger partial charge in [0.05, 0.1) is 0 Å². The predicted octanol–water partition coefficient (Wildman–Crippen LogP) is 3.74. The Morgan fingerprint density at radius 3 is 2.79 bits per heavy atom. The first kappa shape index (κ1) is 13.2. The molecule has 2 aromatic rings. The van der Waals surface area contributed by atoms with E-state index in [0.717, 1.165) is 6.54 Å². The zero-order valence-electron chi connectivity index (χ0n) is 11.2. The van der Waals surface area contributed by atoms with Crippen LogP contribution in [0.25, 0.3) is 0 Å². The fourth-order valence-corrected chi connectivity index (χ4v) is 3.30. The maximum absolute atomic E-state index is 3.43. The van der Waals surface area contributed by atoms with Crippen molar-refractivity contribution in [2.24, 2.45) is 0 Å². The molecule has 100 valence electrons. The molecule has 0 radical (unpaired) electrons. The quantitative estimate of drug-likeness (QED) is 0.819. The van der Waals surface area contributed by atoms with Gasteiger partial charge < -0.3 is 9.88 Å². The van der Waals surface area contributed by atoms with Gasteiger partial charge in [-0.2, -0.15) is 0 Å². The van der Waals surface area contributed by atoms with Crippen molar-refractivity contribution < 1.29 is 0 Å². The standard InChI is InChI=1S/C16H19IN2/c1-18-16-4-2-3-13-10-19(11-15(13)16)9-12-5-7-14(17)8-6-12/h5-8,10-11,16,18H,2-4,9H2,1H3. The highest BCUT2D eigenvalue weighted by molar-refractivity contribution is 14.1. The molecular formula is C16H19IN2. The van der Waals surface area contributed by atoms with Gasteiger partial charge in [0.1, 0.15) is 0 Å². The molecular weight excluding hydrogens is 347 g/mol. The lowest BCUT2D eigenvalue weighted by atomic mass is 9.91. The maximum Gasteiger partial charge on any atom is 0.0470 e. The average Bonchev–Trinajstić information content (AvgIpc) is 2.83. The number of hydrogen-bond acceptors (Lipinski definition) is 1. The first-order chi connectivity index (χ1) is 9.26. The third-order valence-electron chi connectivity index (χ3n) is 3.94. The molecule has 1 aliphatic carbocycles. The Morgan fingerprint density at radius 1 is 1.26 bits per heavy atom. The summed E-state index contributed by atoms with van der Waals surface area (Å²) < 4.78 is 3.63. The van der Waals surface area contributed by atoms with Gasteiger partial charge in [0.25, 0.3) is 0 Å². The molecule has 0 saturated carbocycles.